The molecule has 0 aliphatic carbocycles. The fraction of sp³-hybridized carbons (Fsp3) is 0.583. The third-order valence-electron chi connectivity index (χ3n) is 2.03. The van der Waals surface area contributed by atoms with Gasteiger partial charge in [0.25, 0.3) is 6.47 Å². The third-order valence-corrected chi connectivity index (χ3v) is 2.03. The normalized spacial score (nSPS) is 9.43. The average Bonchev–Trinajstić information content (AvgIpc) is 2.17. The lowest BCUT2D eigenvalue weighted by Gasteiger charge is -2.02. The minimum absolute atomic E-state index is 0.325. The third kappa shape index (κ3) is 9.04. The van der Waals surface area contributed by atoms with E-state index in [0.717, 1.165) is 19.3 Å². The summed E-state index contributed by atoms with van der Waals surface area (Å²) in [5, 5.41) is 0. The van der Waals surface area contributed by atoms with Gasteiger partial charge in [-0.3, -0.25) is 4.79 Å². The van der Waals surface area contributed by atoms with Crippen LogP contribution in [0.25, 0.3) is 0 Å². The maximum absolute atomic E-state index is 9.89. The van der Waals surface area contributed by atoms with Gasteiger partial charge in [0, 0.05) is 6.42 Å². The lowest BCUT2D eigenvalue weighted by Crippen LogP contribution is -1.88. The summed E-state index contributed by atoms with van der Waals surface area (Å²) < 4.78 is 4.49. The Morgan fingerprint density at radius 2 is 1.86 bits per heavy atom. The monoisotopic (exact) mass is 195 g/mol. The highest BCUT2D eigenvalue weighted by molar-refractivity contribution is 5.39. The van der Waals surface area contributed by atoms with Crippen molar-refractivity contribution in [2.75, 3.05) is 0 Å². The van der Waals surface area contributed by atoms with Gasteiger partial charge in [-0.2, -0.15) is 0 Å². The predicted molar refractivity (Wildman–Crippen MR) is 57.5 cm³/mol. The summed E-state index contributed by atoms with van der Waals surface area (Å²) in [7, 11) is 0. The molecular weight excluding hydrogens is 176 g/mol. The van der Waals surface area contributed by atoms with Crippen molar-refractivity contribution >= 4 is 6.47 Å². The lowest BCUT2D eigenvalue weighted by molar-refractivity contribution is -0.125. The number of allylic oxidation sites excluding steroid dienone is 2. The van der Waals surface area contributed by atoms with E-state index in [-0.39, 0.29) is 0 Å². The van der Waals surface area contributed by atoms with Crippen LogP contribution in [0.1, 0.15) is 44.9 Å². The van der Waals surface area contributed by atoms with Gasteiger partial charge in [0.2, 0.25) is 0 Å². The lowest BCUT2D eigenvalue weighted by atomic mass is 10.1. The van der Waals surface area contributed by atoms with Crippen LogP contribution in [0.3, 0.4) is 0 Å². The molecular formula is C12H19O2. The first-order valence-corrected chi connectivity index (χ1v) is 5.13. The Bertz CT molecular complexity index is 173. The SMILES string of the molecule is [CH]=C(CCCCCCCC=C)OC=O. The van der Waals surface area contributed by atoms with Gasteiger partial charge in [-0.25, -0.2) is 0 Å². The van der Waals surface area contributed by atoms with E-state index in [1.165, 1.54) is 19.3 Å². The van der Waals surface area contributed by atoms with Crippen LogP contribution in [0, 0.1) is 6.58 Å². The maximum atomic E-state index is 9.89. The molecule has 0 aliphatic heterocycles. The largest absolute Gasteiger partial charge is 0.433 e. The first-order chi connectivity index (χ1) is 6.81. The van der Waals surface area contributed by atoms with Crippen molar-refractivity contribution in [3.63, 3.8) is 0 Å². The molecule has 0 N–H and O–H groups in total. The topological polar surface area (TPSA) is 26.3 Å². The van der Waals surface area contributed by atoms with Gasteiger partial charge in [0.15, 0.2) is 0 Å². The zero-order valence-electron chi connectivity index (χ0n) is 8.71. The van der Waals surface area contributed by atoms with E-state index in [2.05, 4.69) is 11.3 Å². The zero-order chi connectivity index (χ0) is 10.6. The molecule has 2 nitrogen and oxygen atoms in total. The number of unbranched alkanes of at least 4 members (excludes halogenated alkanes) is 5. The Morgan fingerprint density at radius 1 is 1.21 bits per heavy atom. The summed E-state index contributed by atoms with van der Waals surface area (Å²) in [5.41, 5.74) is 0. The number of hydrogen-bond acceptors (Lipinski definition) is 2. The van der Waals surface area contributed by atoms with Crippen molar-refractivity contribution in [1.82, 2.24) is 0 Å². The second kappa shape index (κ2) is 10.0. The maximum Gasteiger partial charge on any atom is 0.298 e. The van der Waals surface area contributed by atoms with Crippen LogP contribution in [0.4, 0.5) is 0 Å². The van der Waals surface area contributed by atoms with E-state index in [0.29, 0.717) is 18.7 Å². The fourth-order valence-electron chi connectivity index (χ4n) is 1.24. The van der Waals surface area contributed by atoms with E-state index in [1.807, 2.05) is 6.08 Å². The van der Waals surface area contributed by atoms with Crippen molar-refractivity contribution in [2.45, 2.75) is 44.9 Å². The standard InChI is InChI=1S/C12H19O2/c1-3-4-5-6-7-8-9-10-12(2)14-11-13/h2-3,11H,1,4-10H2. The van der Waals surface area contributed by atoms with Gasteiger partial charge in [-0.05, 0) is 25.8 Å². The van der Waals surface area contributed by atoms with Crippen LogP contribution in [-0.2, 0) is 9.53 Å². The number of carbonyl (C=O) groups excluding carboxylic acids is 1. The molecule has 79 valence electrons. The van der Waals surface area contributed by atoms with Gasteiger partial charge in [0.1, 0.15) is 5.76 Å². The summed E-state index contributed by atoms with van der Waals surface area (Å²) in [6.07, 6.45) is 9.52. The fourth-order valence-corrected chi connectivity index (χ4v) is 1.24. The van der Waals surface area contributed by atoms with Crippen molar-refractivity contribution in [3.05, 3.63) is 25.0 Å². The van der Waals surface area contributed by atoms with Gasteiger partial charge in [0.05, 0.1) is 0 Å². The average molecular weight is 195 g/mol. The molecule has 0 aromatic rings. The Hall–Kier alpha value is -1.05. The number of hydrogen-bond donors (Lipinski definition) is 0. The number of carbonyl (C=O) groups is 1. The second-order valence-electron chi connectivity index (χ2n) is 3.28. The van der Waals surface area contributed by atoms with Crippen molar-refractivity contribution in [1.29, 1.82) is 0 Å². The van der Waals surface area contributed by atoms with Crippen LogP contribution >= 0.6 is 0 Å². The molecule has 0 unspecified atom stereocenters. The first kappa shape index (κ1) is 12.9. The van der Waals surface area contributed by atoms with Gasteiger partial charge < -0.3 is 4.74 Å². The summed E-state index contributed by atoms with van der Waals surface area (Å²) in [4.78, 5) is 9.89. The molecule has 0 fully saturated rings. The van der Waals surface area contributed by atoms with Crippen molar-refractivity contribution < 1.29 is 9.53 Å². The van der Waals surface area contributed by atoms with Gasteiger partial charge in [-0.15, -0.1) is 6.58 Å². The van der Waals surface area contributed by atoms with E-state index < -0.39 is 0 Å². The highest BCUT2D eigenvalue weighted by Gasteiger charge is 1.95. The first-order valence-electron chi connectivity index (χ1n) is 5.13. The summed E-state index contributed by atoms with van der Waals surface area (Å²) in [6, 6.07) is 0. The highest BCUT2D eigenvalue weighted by Crippen LogP contribution is 2.10. The molecule has 0 aromatic carbocycles. The van der Waals surface area contributed by atoms with E-state index in [4.69, 9.17) is 6.58 Å². The van der Waals surface area contributed by atoms with E-state index in [9.17, 15) is 4.79 Å². The Kier molecular flexibility index (Phi) is 9.28. The van der Waals surface area contributed by atoms with Crippen LogP contribution in [0.5, 0.6) is 0 Å². The quantitative estimate of drug-likeness (QED) is 0.231. The Morgan fingerprint density at radius 3 is 2.50 bits per heavy atom. The minimum Gasteiger partial charge on any atom is -0.433 e. The number of rotatable bonds is 10. The summed E-state index contributed by atoms with van der Waals surface area (Å²) in [5.74, 6) is 0.325. The molecule has 0 aromatic heterocycles. The molecule has 0 bridgehead atoms. The molecule has 1 radical (unpaired) electrons. The molecule has 0 amide bonds. The van der Waals surface area contributed by atoms with Crippen molar-refractivity contribution in [2.24, 2.45) is 0 Å². The van der Waals surface area contributed by atoms with Crippen LogP contribution in [0.15, 0.2) is 18.4 Å². The van der Waals surface area contributed by atoms with Gasteiger partial charge in [-0.1, -0.05) is 25.3 Å². The zero-order valence-corrected chi connectivity index (χ0v) is 8.71. The van der Waals surface area contributed by atoms with Gasteiger partial charge >= 0.3 is 0 Å². The van der Waals surface area contributed by atoms with Crippen molar-refractivity contribution in [3.8, 4) is 0 Å². The number of ether oxygens (including phenoxy) is 1. The molecule has 0 atom stereocenters. The molecule has 0 heterocycles. The van der Waals surface area contributed by atoms with Crippen LogP contribution in [-0.4, -0.2) is 6.47 Å². The molecule has 0 rings (SSSR count). The summed E-state index contributed by atoms with van der Waals surface area (Å²) >= 11 is 0. The van der Waals surface area contributed by atoms with E-state index in [1.54, 1.807) is 0 Å². The Labute approximate surface area is 86.6 Å². The van der Waals surface area contributed by atoms with Crippen LogP contribution in [0.2, 0.25) is 0 Å². The molecule has 0 spiro atoms. The molecule has 14 heavy (non-hydrogen) atoms. The second-order valence-corrected chi connectivity index (χ2v) is 3.28. The molecule has 2 heteroatoms. The highest BCUT2D eigenvalue weighted by atomic mass is 16.5. The smallest absolute Gasteiger partial charge is 0.298 e. The Balaban J connectivity index is 3.08. The minimum atomic E-state index is 0.325. The predicted octanol–water partition coefficient (Wildman–Crippen LogP) is 3.39. The molecule has 0 saturated carbocycles. The molecule has 0 saturated heterocycles. The molecule has 0 aliphatic rings. The van der Waals surface area contributed by atoms with E-state index >= 15 is 0 Å². The van der Waals surface area contributed by atoms with Crippen LogP contribution < -0.4 is 0 Å². The summed E-state index contributed by atoms with van der Waals surface area (Å²) in [6.45, 7) is 9.44.